The number of aromatic nitrogens is 1. The quantitative estimate of drug-likeness (QED) is 0.417. The molecule has 134 valence electrons. The first-order chi connectivity index (χ1) is 13.1. The van der Waals surface area contributed by atoms with Crippen LogP contribution in [0.1, 0.15) is 21.8 Å². The van der Waals surface area contributed by atoms with Gasteiger partial charge in [-0.1, -0.05) is 45.7 Å². The van der Waals surface area contributed by atoms with E-state index < -0.39 is 0 Å². The first-order valence-electron chi connectivity index (χ1n) is 8.28. The van der Waals surface area contributed by atoms with E-state index in [9.17, 15) is 4.79 Å². The van der Waals surface area contributed by atoms with E-state index in [4.69, 9.17) is 16.0 Å². The van der Waals surface area contributed by atoms with Gasteiger partial charge in [-0.3, -0.25) is 4.79 Å². The molecule has 0 unspecified atom stereocenters. The van der Waals surface area contributed by atoms with Crippen LogP contribution in [0.15, 0.2) is 75.6 Å². The molecule has 4 rings (SSSR count). The highest BCUT2D eigenvalue weighted by molar-refractivity contribution is 9.10. The fraction of sp³-hybridized carbons (Fsp3) is 0.0476. The average molecular weight is 442 g/mol. The van der Waals surface area contributed by atoms with Crippen LogP contribution in [0.3, 0.4) is 0 Å². The Morgan fingerprint density at radius 2 is 1.89 bits per heavy atom. The minimum Gasteiger partial charge on any atom is -0.440 e. The average Bonchev–Trinajstić information content (AvgIpc) is 3.04. The predicted molar refractivity (Wildman–Crippen MR) is 110 cm³/mol. The molecule has 3 aromatic carbocycles. The lowest BCUT2D eigenvalue weighted by Gasteiger charge is -2.06. The fourth-order valence-corrected chi connectivity index (χ4v) is 3.30. The summed E-state index contributed by atoms with van der Waals surface area (Å²) in [4.78, 5) is 16.8. The molecule has 6 heteroatoms. The number of hydrogen-bond donors (Lipinski definition) is 1. The summed E-state index contributed by atoms with van der Waals surface area (Å²) in [5.74, 6) is 0.470. The molecule has 0 saturated heterocycles. The van der Waals surface area contributed by atoms with E-state index in [1.165, 1.54) is 0 Å². The number of hydrogen-bond acceptors (Lipinski definition) is 3. The van der Waals surface area contributed by atoms with Gasteiger partial charge in [-0.25, -0.2) is 4.98 Å². The minimum atomic E-state index is -0.153. The van der Waals surface area contributed by atoms with Crippen molar-refractivity contribution >= 4 is 50.2 Å². The number of carbonyl (C=O) groups is 1. The third-order valence-corrected chi connectivity index (χ3v) is 4.78. The van der Waals surface area contributed by atoms with Crippen molar-refractivity contribution < 1.29 is 9.21 Å². The Balaban J connectivity index is 1.46. The van der Waals surface area contributed by atoms with Gasteiger partial charge in [0, 0.05) is 27.2 Å². The van der Waals surface area contributed by atoms with Crippen molar-refractivity contribution in [2.24, 2.45) is 0 Å². The van der Waals surface area contributed by atoms with Crippen LogP contribution >= 0.6 is 27.5 Å². The Kier molecular flexibility index (Phi) is 4.97. The van der Waals surface area contributed by atoms with Gasteiger partial charge in [0.2, 0.25) is 0 Å². The van der Waals surface area contributed by atoms with Crippen molar-refractivity contribution in [2.45, 2.75) is 6.42 Å². The van der Waals surface area contributed by atoms with Crippen LogP contribution in [0, 0.1) is 0 Å². The van der Waals surface area contributed by atoms with Crippen molar-refractivity contribution in [2.75, 3.05) is 5.32 Å². The molecule has 27 heavy (non-hydrogen) atoms. The summed E-state index contributed by atoms with van der Waals surface area (Å²) in [6, 6.07) is 20.3. The number of rotatable bonds is 4. The Morgan fingerprint density at radius 3 is 2.67 bits per heavy atom. The second-order valence-corrected chi connectivity index (χ2v) is 7.41. The van der Waals surface area contributed by atoms with Crippen LogP contribution in [0.25, 0.3) is 11.1 Å². The highest BCUT2D eigenvalue weighted by Crippen LogP contribution is 2.22. The second-order valence-electron chi connectivity index (χ2n) is 6.06. The van der Waals surface area contributed by atoms with Gasteiger partial charge in [0.1, 0.15) is 5.52 Å². The van der Waals surface area contributed by atoms with Gasteiger partial charge in [0.05, 0.1) is 0 Å². The number of halogens is 2. The number of anilines is 1. The molecule has 0 saturated carbocycles. The standard InChI is InChI=1S/C21H14BrClN2O2/c22-15-3-1-2-14(11-15)21(26)24-17-7-4-13(5-8-17)10-20-25-18-12-16(23)6-9-19(18)27-20/h1-9,11-12H,10H2,(H,24,26). The maximum absolute atomic E-state index is 12.3. The molecule has 4 nitrogen and oxygen atoms in total. The summed E-state index contributed by atoms with van der Waals surface area (Å²) in [5, 5.41) is 3.52. The summed E-state index contributed by atoms with van der Waals surface area (Å²) in [6.07, 6.45) is 0.562. The molecule has 0 aliphatic heterocycles. The number of amides is 1. The molecule has 1 heterocycles. The number of nitrogens with one attached hydrogen (secondary N) is 1. The molecule has 0 fully saturated rings. The van der Waals surface area contributed by atoms with Gasteiger partial charge in [-0.05, 0) is 54.1 Å². The minimum absolute atomic E-state index is 0.153. The molecular formula is C21H14BrClN2O2. The second kappa shape index (κ2) is 7.55. The SMILES string of the molecule is O=C(Nc1ccc(Cc2nc3cc(Cl)ccc3o2)cc1)c1cccc(Br)c1. The predicted octanol–water partition coefficient (Wildman–Crippen LogP) is 6.09. The largest absolute Gasteiger partial charge is 0.440 e. The number of carbonyl (C=O) groups excluding carboxylic acids is 1. The summed E-state index contributed by atoms with van der Waals surface area (Å²) in [7, 11) is 0. The first-order valence-corrected chi connectivity index (χ1v) is 9.45. The third kappa shape index (κ3) is 4.21. The van der Waals surface area contributed by atoms with Gasteiger partial charge in [0.25, 0.3) is 5.91 Å². The molecule has 1 N–H and O–H groups in total. The van der Waals surface area contributed by atoms with Crippen molar-refractivity contribution in [3.63, 3.8) is 0 Å². The first kappa shape index (κ1) is 17.8. The maximum Gasteiger partial charge on any atom is 0.255 e. The highest BCUT2D eigenvalue weighted by atomic mass is 79.9. The zero-order chi connectivity index (χ0) is 18.8. The van der Waals surface area contributed by atoms with Crippen LogP contribution in [0.4, 0.5) is 5.69 Å². The number of oxazole rings is 1. The lowest BCUT2D eigenvalue weighted by Crippen LogP contribution is -2.11. The Morgan fingerprint density at radius 1 is 1.07 bits per heavy atom. The molecule has 1 amide bonds. The Hall–Kier alpha value is -2.63. The fourth-order valence-electron chi connectivity index (χ4n) is 2.74. The normalized spacial score (nSPS) is 10.9. The van der Waals surface area contributed by atoms with Crippen LogP contribution in [-0.2, 0) is 6.42 Å². The van der Waals surface area contributed by atoms with Crippen LogP contribution < -0.4 is 5.32 Å². The number of fused-ring (bicyclic) bond motifs is 1. The lowest BCUT2D eigenvalue weighted by molar-refractivity contribution is 0.102. The van der Waals surface area contributed by atoms with E-state index in [1.807, 2.05) is 42.5 Å². The third-order valence-electron chi connectivity index (χ3n) is 4.05. The molecule has 1 aromatic heterocycles. The van der Waals surface area contributed by atoms with Crippen LogP contribution in [0.2, 0.25) is 5.02 Å². The van der Waals surface area contributed by atoms with E-state index >= 15 is 0 Å². The van der Waals surface area contributed by atoms with Crippen molar-refractivity contribution in [3.8, 4) is 0 Å². The van der Waals surface area contributed by atoms with Crippen molar-refractivity contribution in [1.29, 1.82) is 0 Å². The summed E-state index contributed by atoms with van der Waals surface area (Å²) in [6.45, 7) is 0. The summed E-state index contributed by atoms with van der Waals surface area (Å²) >= 11 is 9.35. The zero-order valence-electron chi connectivity index (χ0n) is 14.1. The molecule has 0 bridgehead atoms. The molecule has 0 aliphatic rings. The van der Waals surface area contributed by atoms with Gasteiger partial charge in [-0.2, -0.15) is 0 Å². The summed E-state index contributed by atoms with van der Waals surface area (Å²) in [5.41, 5.74) is 3.82. The lowest BCUT2D eigenvalue weighted by atomic mass is 10.1. The molecule has 0 spiro atoms. The van der Waals surface area contributed by atoms with Crippen molar-refractivity contribution in [3.05, 3.63) is 93.2 Å². The Bertz CT molecular complexity index is 1120. The molecule has 0 aliphatic carbocycles. The topological polar surface area (TPSA) is 55.1 Å². The van der Waals surface area contributed by atoms with E-state index in [-0.39, 0.29) is 5.91 Å². The van der Waals surface area contributed by atoms with Gasteiger partial charge in [0.15, 0.2) is 11.5 Å². The highest BCUT2D eigenvalue weighted by Gasteiger charge is 2.09. The van der Waals surface area contributed by atoms with E-state index in [2.05, 4.69) is 26.2 Å². The van der Waals surface area contributed by atoms with E-state index in [1.54, 1.807) is 24.3 Å². The van der Waals surface area contributed by atoms with Gasteiger partial charge < -0.3 is 9.73 Å². The van der Waals surface area contributed by atoms with Crippen LogP contribution in [0.5, 0.6) is 0 Å². The smallest absolute Gasteiger partial charge is 0.255 e. The number of benzene rings is 3. The summed E-state index contributed by atoms with van der Waals surface area (Å²) < 4.78 is 6.61. The molecule has 0 atom stereocenters. The molecule has 0 radical (unpaired) electrons. The van der Waals surface area contributed by atoms with Gasteiger partial charge in [-0.15, -0.1) is 0 Å². The van der Waals surface area contributed by atoms with E-state index in [0.29, 0.717) is 28.5 Å². The molecular weight excluding hydrogens is 428 g/mol. The monoisotopic (exact) mass is 440 g/mol. The molecule has 4 aromatic rings. The zero-order valence-corrected chi connectivity index (χ0v) is 16.4. The van der Waals surface area contributed by atoms with Crippen molar-refractivity contribution in [1.82, 2.24) is 4.98 Å². The Labute approximate surface area is 169 Å². The maximum atomic E-state index is 12.3. The van der Waals surface area contributed by atoms with Gasteiger partial charge >= 0.3 is 0 Å². The van der Waals surface area contributed by atoms with E-state index in [0.717, 1.165) is 21.2 Å². The number of nitrogens with zero attached hydrogens (tertiary/aromatic N) is 1. The van der Waals surface area contributed by atoms with Crippen LogP contribution in [-0.4, -0.2) is 10.9 Å².